The van der Waals surface area contributed by atoms with Gasteiger partial charge in [0.05, 0.1) is 18.1 Å². The largest absolute Gasteiger partial charge is 0.465 e. The van der Waals surface area contributed by atoms with Crippen molar-refractivity contribution in [2.75, 3.05) is 19.1 Å². The molecule has 8 nitrogen and oxygen atoms in total. The molecule has 0 fully saturated rings. The third kappa shape index (κ3) is 3.39. The predicted octanol–water partition coefficient (Wildman–Crippen LogP) is 5.50. The summed E-state index contributed by atoms with van der Waals surface area (Å²) in [5.74, 6) is 2.35. The number of anilines is 1. The molecular formula is C29H24N4O4S. The first-order valence-electron chi connectivity index (χ1n) is 12.9. The molecule has 8 rings (SSSR count). The first-order valence-corrected chi connectivity index (χ1v) is 13.7. The van der Waals surface area contributed by atoms with Gasteiger partial charge < -0.3 is 9.47 Å². The molecule has 9 heteroatoms. The van der Waals surface area contributed by atoms with Crippen LogP contribution in [-0.4, -0.2) is 41.1 Å². The maximum atomic E-state index is 11.9. The van der Waals surface area contributed by atoms with E-state index in [0.29, 0.717) is 30.3 Å². The standard InChI is InChI=1S/C29H24N4O4S/c1-35-29(34)17-8-6-16(7-9-17)26-30-27(24-23-19-3-2-4-20(19)25(23)38-28(24)31-26)32-33-12-11-15-5-10-21-18(13-15)14-22(36-21)37-33/h3,5-10,13,20,22H,2,4,11-12,14H2,1H3,(H,30,31,32). The lowest BCUT2D eigenvalue weighted by atomic mass is 9.80. The van der Waals surface area contributed by atoms with Crippen molar-refractivity contribution in [3.8, 4) is 17.1 Å². The molecule has 1 N–H and O–H groups in total. The highest BCUT2D eigenvalue weighted by Crippen LogP contribution is 2.59. The molecule has 2 atom stereocenters. The van der Waals surface area contributed by atoms with Crippen LogP contribution in [0, 0.1) is 0 Å². The maximum Gasteiger partial charge on any atom is 0.337 e. The molecule has 2 aromatic carbocycles. The van der Waals surface area contributed by atoms with Crippen molar-refractivity contribution in [1.29, 1.82) is 0 Å². The van der Waals surface area contributed by atoms with E-state index in [1.54, 1.807) is 28.6 Å². The van der Waals surface area contributed by atoms with Crippen molar-refractivity contribution in [3.63, 3.8) is 0 Å². The Morgan fingerprint density at radius 1 is 1.18 bits per heavy atom. The Balaban J connectivity index is 1.20. The lowest BCUT2D eigenvalue weighted by Crippen LogP contribution is -2.38. The van der Waals surface area contributed by atoms with E-state index < -0.39 is 0 Å². The first kappa shape index (κ1) is 22.2. The molecule has 0 amide bonds. The molecule has 0 radical (unpaired) electrons. The number of esters is 1. The highest BCUT2D eigenvalue weighted by Gasteiger charge is 2.40. The zero-order valence-electron chi connectivity index (χ0n) is 20.7. The molecule has 2 aliphatic heterocycles. The number of hydroxylamine groups is 1. The van der Waals surface area contributed by atoms with Gasteiger partial charge in [-0.25, -0.2) is 19.6 Å². The summed E-state index contributed by atoms with van der Waals surface area (Å²) >= 11 is 1.76. The minimum Gasteiger partial charge on any atom is -0.465 e. The Bertz CT molecular complexity index is 1660. The van der Waals surface area contributed by atoms with E-state index in [0.717, 1.165) is 40.2 Å². The van der Waals surface area contributed by atoms with E-state index in [1.807, 2.05) is 18.2 Å². The number of aromatic nitrogens is 2. The summed E-state index contributed by atoms with van der Waals surface area (Å²) < 4.78 is 10.9. The van der Waals surface area contributed by atoms with Crippen molar-refractivity contribution in [3.05, 3.63) is 75.7 Å². The van der Waals surface area contributed by atoms with E-state index in [9.17, 15) is 4.79 Å². The van der Waals surface area contributed by atoms with Gasteiger partial charge in [-0.15, -0.1) is 11.3 Å². The molecule has 0 saturated heterocycles. The number of methoxy groups -OCH3 is 1. The Morgan fingerprint density at radius 2 is 2.08 bits per heavy atom. The number of benzene rings is 2. The van der Waals surface area contributed by atoms with E-state index in [2.05, 4.69) is 23.6 Å². The zero-order chi connectivity index (χ0) is 25.4. The van der Waals surface area contributed by atoms with Crippen LogP contribution in [0.3, 0.4) is 0 Å². The van der Waals surface area contributed by atoms with Crippen molar-refractivity contribution in [2.24, 2.45) is 0 Å². The Labute approximate surface area is 222 Å². The highest BCUT2D eigenvalue weighted by atomic mass is 32.1. The molecule has 4 aromatic rings. The van der Waals surface area contributed by atoms with Crippen LogP contribution < -0.4 is 10.2 Å². The summed E-state index contributed by atoms with van der Waals surface area (Å²) in [7, 11) is 1.38. The quantitative estimate of drug-likeness (QED) is 0.351. The summed E-state index contributed by atoms with van der Waals surface area (Å²) in [5, 5.41) is 2.81. The van der Waals surface area contributed by atoms with Crippen molar-refractivity contribution in [1.82, 2.24) is 15.1 Å². The van der Waals surface area contributed by atoms with Crippen molar-refractivity contribution in [2.45, 2.75) is 37.9 Å². The van der Waals surface area contributed by atoms with Crippen LogP contribution in [0.5, 0.6) is 5.75 Å². The third-order valence-corrected chi connectivity index (χ3v) is 8.99. The second-order valence-corrected chi connectivity index (χ2v) is 11.1. The minimum atomic E-state index is -0.388. The van der Waals surface area contributed by atoms with E-state index in [4.69, 9.17) is 24.3 Å². The van der Waals surface area contributed by atoms with Crippen LogP contribution >= 0.6 is 11.3 Å². The molecular weight excluding hydrogens is 500 g/mol. The molecule has 38 heavy (non-hydrogen) atoms. The average Bonchev–Trinajstić information content (AvgIpc) is 3.63. The molecule has 2 unspecified atom stereocenters. The molecule has 190 valence electrons. The fourth-order valence-corrected chi connectivity index (χ4v) is 7.27. The lowest BCUT2D eigenvalue weighted by Gasteiger charge is -2.28. The Kier molecular flexibility index (Phi) is 4.89. The van der Waals surface area contributed by atoms with Crippen LogP contribution in [-0.2, 0) is 22.4 Å². The average molecular weight is 525 g/mol. The maximum absolute atomic E-state index is 11.9. The molecule has 2 aliphatic carbocycles. The fraction of sp³-hybridized carbons (Fsp3) is 0.276. The molecule has 4 aliphatic rings. The third-order valence-electron chi connectivity index (χ3n) is 7.79. The summed E-state index contributed by atoms with van der Waals surface area (Å²) in [4.78, 5) is 30.5. The van der Waals surface area contributed by atoms with Crippen molar-refractivity contribution >= 4 is 38.9 Å². The van der Waals surface area contributed by atoms with Crippen molar-refractivity contribution < 1.29 is 19.1 Å². The number of ether oxygens (including phenoxy) is 2. The van der Waals surface area contributed by atoms with Gasteiger partial charge in [0.2, 0.25) is 6.29 Å². The number of fused-ring (bicyclic) bond motifs is 8. The Hall–Kier alpha value is -3.79. The fourth-order valence-electron chi connectivity index (χ4n) is 5.92. The van der Waals surface area contributed by atoms with E-state index in [1.165, 1.54) is 40.7 Å². The summed E-state index contributed by atoms with van der Waals surface area (Å²) in [6, 6.07) is 13.6. The second kappa shape index (κ2) is 8.36. The zero-order valence-corrected chi connectivity index (χ0v) is 21.5. The predicted molar refractivity (Wildman–Crippen MR) is 144 cm³/mol. The number of carbonyl (C=O) groups excluding carboxylic acids is 1. The van der Waals surface area contributed by atoms with E-state index >= 15 is 0 Å². The first-order chi connectivity index (χ1) is 18.6. The number of nitrogens with zero attached hydrogens (tertiary/aromatic N) is 3. The number of hydrogen-bond acceptors (Lipinski definition) is 9. The molecule has 2 aromatic heterocycles. The molecule has 3 bridgehead atoms. The highest BCUT2D eigenvalue weighted by molar-refractivity contribution is 7.19. The summed E-state index contributed by atoms with van der Waals surface area (Å²) in [6.45, 7) is 0.630. The molecule has 0 saturated carbocycles. The van der Waals surface area contributed by atoms with E-state index in [-0.39, 0.29) is 12.3 Å². The molecule has 0 spiro atoms. The number of nitrogens with one attached hydrogen (secondary N) is 1. The topological polar surface area (TPSA) is 85.8 Å². The SMILES string of the molecule is COC(=O)c1ccc(-c2nc(NN3CCc4ccc5c(c4)CC(O5)O3)c3c4c(sc3n2)C2CCC=C42)cc1. The number of hydrogen-bond donors (Lipinski definition) is 1. The van der Waals surface area contributed by atoms with Crippen LogP contribution in [0.15, 0.2) is 48.5 Å². The van der Waals surface area contributed by atoms with Gasteiger partial charge in [0.1, 0.15) is 10.6 Å². The van der Waals surface area contributed by atoms with Crippen LogP contribution in [0.1, 0.15) is 50.7 Å². The number of rotatable bonds is 4. The normalized spacial score (nSPS) is 21.0. The minimum absolute atomic E-state index is 0.370. The lowest BCUT2D eigenvalue weighted by molar-refractivity contribution is -0.234. The van der Waals surface area contributed by atoms with Crippen LogP contribution in [0.25, 0.3) is 27.2 Å². The molecule has 4 heterocycles. The Morgan fingerprint density at radius 3 is 2.95 bits per heavy atom. The van der Waals surface area contributed by atoms with Crippen LogP contribution in [0.4, 0.5) is 5.82 Å². The van der Waals surface area contributed by atoms with Gasteiger partial charge in [-0.3, -0.25) is 5.43 Å². The number of thiophene rings is 1. The van der Waals surface area contributed by atoms with Gasteiger partial charge in [0.25, 0.3) is 0 Å². The number of hydrazine groups is 1. The monoisotopic (exact) mass is 524 g/mol. The summed E-state index contributed by atoms with van der Waals surface area (Å²) in [5.41, 5.74) is 9.94. The van der Waals surface area contributed by atoms with Gasteiger partial charge in [-0.05, 0) is 48.6 Å². The van der Waals surface area contributed by atoms with Gasteiger partial charge >= 0.3 is 5.97 Å². The smallest absolute Gasteiger partial charge is 0.337 e. The van der Waals surface area contributed by atoms with Gasteiger partial charge in [0, 0.05) is 40.5 Å². The van der Waals surface area contributed by atoms with Gasteiger partial charge in [-0.1, -0.05) is 35.5 Å². The van der Waals surface area contributed by atoms with Gasteiger partial charge in [0.15, 0.2) is 11.6 Å². The second-order valence-electron chi connectivity index (χ2n) is 10.0. The number of allylic oxidation sites excluding steroid dienone is 2. The van der Waals surface area contributed by atoms with Crippen LogP contribution in [0.2, 0.25) is 0 Å². The van der Waals surface area contributed by atoms with Gasteiger partial charge in [-0.2, -0.15) is 0 Å². The summed E-state index contributed by atoms with van der Waals surface area (Å²) in [6.07, 6.45) is 5.79. The number of carbonyl (C=O) groups is 1.